The van der Waals surface area contributed by atoms with Crippen LogP contribution in [0.25, 0.3) is 0 Å². The Morgan fingerprint density at radius 1 is 1.22 bits per heavy atom. The number of nitrogens with zero attached hydrogens (tertiary/aromatic N) is 2. The summed E-state index contributed by atoms with van der Waals surface area (Å²) in [6, 6.07) is 7.44. The molecule has 2 aromatic rings. The number of benzene rings is 1. The van der Waals surface area contributed by atoms with E-state index in [1.807, 2.05) is 31.2 Å². The number of carboxylic acid groups (broad SMARTS) is 1. The molecule has 0 aliphatic rings. The Bertz CT molecular complexity index is 941. The molecule has 0 atom stereocenters. The first-order valence-corrected chi connectivity index (χ1v) is 8.41. The molecule has 1 aromatic heterocycles. The van der Waals surface area contributed by atoms with Crippen molar-refractivity contribution < 1.29 is 19.8 Å². The van der Waals surface area contributed by atoms with Crippen LogP contribution in [0.5, 0.6) is 5.75 Å². The Morgan fingerprint density at radius 3 is 2.41 bits per heavy atom. The zero-order chi connectivity index (χ0) is 20.4. The van der Waals surface area contributed by atoms with Gasteiger partial charge in [-0.3, -0.25) is 14.4 Å². The molecule has 0 fully saturated rings. The monoisotopic (exact) mass is 373 g/mol. The summed E-state index contributed by atoms with van der Waals surface area (Å²) in [4.78, 5) is 35.9. The first kappa shape index (κ1) is 20.2. The van der Waals surface area contributed by atoms with E-state index in [2.05, 4.69) is 10.4 Å². The lowest BCUT2D eigenvalue weighted by Gasteiger charge is -2.22. The van der Waals surface area contributed by atoms with E-state index in [-0.39, 0.29) is 12.2 Å². The van der Waals surface area contributed by atoms with Gasteiger partial charge in [0.05, 0.1) is 6.54 Å². The van der Waals surface area contributed by atoms with Crippen LogP contribution in [-0.2, 0) is 16.8 Å². The van der Waals surface area contributed by atoms with Crippen molar-refractivity contribution in [3.63, 3.8) is 0 Å². The summed E-state index contributed by atoms with van der Waals surface area (Å²) >= 11 is 0. The van der Waals surface area contributed by atoms with E-state index >= 15 is 0 Å². The number of carboxylic acids is 1. The fourth-order valence-electron chi connectivity index (χ4n) is 2.57. The van der Waals surface area contributed by atoms with E-state index in [1.165, 1.54) is 0 Å². The molecule has 0 aliphatic heterocycles. The van der Waals surface area contributed by atoms with E-state index in [1.54, 1.807) is 20.8 Å². The predicted octanol–water partition coefficient (Wildman–Crippen LogP) is 1.42. The molecule has 8 nitrogen and oxygen atoms in total. The van der Waals surface area contributed by atoms with Crippen LogP contribution < -0.4 is 10.9 Å². The fourth-order valence-corrected chi connectivity index (χ4v) is 2.57. The third-order valence-corrected chi connectivity index (χ3v) is 4.05. The number of carbonyl (C=O) groups excluding carboxylic acids is 1. The van der Waals surface area contributed by atoms with Gasteiger partial charge < -0.3 is 15.5 Å². The molecule has 1 aromatic carbocycles. The molecule has 0 radical (unpaired) electrons. The molecule has 2 rings (SSSR count). The Morgan fingerprint density at radius 2 is 1.85 bits per heavy atom. The van der Waals surface area contributed by atoms with Crippen molar-refractivity contribution in [3.8, 4) is 5.75 Å². The smallest absolute Gasteiger partial charge is 0.322 e. The molecule has 8 heteroatoms. The maximum atomic E-state index is 12.8. The first-order chi connectivity index (χ1) is 12.5. The highest BCUT2D eigenvalue weighted by Gasteiger charge is 2.29. The van der Waals surface area contributed by atoms with E-state index in [0.29, 0.717) is 0 Å². The van der Waals surface area contributed by atoms with E-state index in [0.717, 1.165) is 15.8 Å². The van der Waals surface area contributed by atoms with E-state index in [4.69, 9.17) is 5.11 Å². The SMILES string of the molecule is Cc1ccccc1Cn1nc(C(C)(C)C)c(O)c(C(=O)NCC(=O)O)c1=O. The van der Waals surface area contributed by atoms with Gasteiger partial charge in [-0.15, -0.1) is 0 Å². The maximum Gasteiger partial charge on any atom is 0.322 e. The van der Waals surface area contributed by atoms with Gasteiger partial charge in [-0.25, -0.2) is 4.68 Å². The first-order valence-electron chi connectivity index (χ1n) is 8.41. The molecule has 0 unspecified atom stereocenters. The van der Waals surface area contributed by atoms with Gasteiger partial charge in [-0.1, -0.05) is 45.0 Å². The van der Waals surface area contributed by atoms with Gasteiger partial charge in [0.2, 0.25) is 0 Å². The molecule has 27 heavy (non-hydrogen) atoms. The van der Waals surface area contributed by atoms with Crippen LogP contribution in [0.15, 0.2) is 29.1 Å². The van der Waals surface area contributed by atoms with Crippen LogP contribution in [-0.4, -0.2) is 38.4 Å². The standard InChI is InChI=1S/C19H23N3O5/c1-11-7-5-6-8-12(11)10-22-18(27)14(17(26)20-9-13(23)24)15(25)16(21-22)19(2,3)4/h5-8,25H,9-10H2,1-4H3,(H,20,26)(H,23,24). The zero-order valence-corrected chi connectivity index (χ0v) is 15.7. The molecule has 1 heterocycles. The molecular formula is C19H23N3O5. The second kappa shape index (κ2) is 7.61. The zero-order valence-electron chi connectivity index (χ0n) is 15.7. The van der Waals surface area contributed by atoms with Gasteiger partial charge in [0.25, 0.3) is 11.5 Å². The molecule has 1 amide bonds. The summed E-state index contributed by atoms with van der Waals surface area (Å²) in [7, 11) is 0. The van der Waals surface area contributed by atoms with Crippen molar-refractivity contribution in [1.82, 2.24) is 15.1 Å². The van der Waals surface area contributed by atoms with E-state index < -0.39 is 40.7 Å². The summed E-state index contributed by atoms with van der Waals surface area (Å²) in [6.45, 7) is 6.71. The largest absolute Gasteiger partial charge is 0.505 e. The van der Waals surface area contributed by atoms with Crippen molar-refractivity contribution in [1.29, 1.82) is 0 Å². The van der Waals surface area contributed by atoms with Gasteiger partial charge in [-0.05, 0) is 18.1 Å². The summed E-state index contributed by atoms with van der Waals surface area (Å²) in [6.07, 6.45) is 0. The van der Waals surface area contributed by atoms with Crippen molar-refractivity contribution in [3.05, 3.63) is 57.0 Å². The number of rotatable bonds is 5. The lowest BCUT2D eigenvalue weighted by Crippen LogP contribution is -2.38. The Hall–Kier alpha value is -3.16. The number of nitrogens with one attached hydrogen (secondary N) is 1. The number of hydrogen-bond acceptors (Lipinski definition) is 5. The Balaban J connectivity index is 2.62. The van der Waals surface area contributed by atoms with Crippen molar-refractivity contribution in [2.24, 2.45) is 0 Å². The molecule has 0 spiro atoms. The van der Waals surface area contributed by atoms with Crippen molar-refractivity contribution in [2.75, 3.05) is 6.54 Å². The second-order valence-electron chi connectivity index (χ2n) is 7.29. The average Bonchev–Trinajstić information content (AvgIpc) is 2.56. The van der Waals surface area contributed by atoms with Gasteiger partial charge in [0, 0.05) is 5.41 Å². The van der Waals surface area contributed by atoms with Gasteiger partial charge in [-0.2, -0.15) is 5.10 Å². The Labute approximate surface area is 156 Å². The quantitative estimate of drug-likeness (QED) is 0.729. The molecular weight excluding hydrogens is 350 g/mol. The highest BCUT2D eigenvalue weighted by molar-refractivity contribution is 5.98. The fraction of sp³-hybridized carbons (Fsp3) is 0.368. The summed E-state index contributed by atoms with van der Waals surface area (Å²) in [5.74, 6) is -2.74. The van der Waals surface area contributed by atoms with Crippen LogP contribution >= 0.6 is 0 Å². The summed E-state index contributed by atoms with van der Waals surface area (Å²) in [5.41, 5.74) is 0.0307. The number of hydrogen-bond donors (Lipinski definition) is 3. The van der Waals surface area contributed by atoms with Crippen molar-refractivity contribution in [2.45, 2.75) is 39.7 Å². The van der Waals surface area contributed by atoms with Gasteiger partial charge >= 0.3 is 5.97 Å². The topological polar surface area (TPSA) is 122 Å². The number of aryl methyl sites for hydroxylation is 1. The molecule has 3 N–H and O–H groups in total. The molecule has 0 saturated heterocycles. The minimum absolute atomic E-state index is 0.119. The number of amides is 1. The molecule has 144 valence electrons. The predicted molar refractivity (Wildman–Crippen MR) is 99.1 cm³/mol. The minimum Gasteiger partial charge on any atom is -0.505 e. The number of aromatic hydroxyl groups is 1. The normalized spacial score (nSPS) is 11.3. The third kappa shape index (κ3) is 4.52. The summed E-state index contributed by atoms with van der Waals surface area (Å²) in [5, 5.41) is 25.6. The third-order valence-electron chi connectivity index (χ3n) is 4.05. The highest BCUT2D eigenvalue weighted by atomic mass is 16.4. The summed E-state index contributed by atoms with van der Waals surface area (Å²) < 4.78 is 1.12. The van der Waals surface area contributed by atoms with Crippen LogP contribution in [0.1, 0.15) is 48.0 Å². The number of aliphatic carboxylic acids is 1. The second-order valence-corrected chi connectivity index (χ2v) is 7.29. The van der Waals surface area contributed by atoms with Gasteiger partial charge in [0.15, 0.2) is 5.75 Å². The molecule has 0 saturated carbocycles. The average molecular weight is 373 g/mol. The number of aromatic nitrogens is 2. The van der Waals surface area contributed by atoms with Crippen LogP contribution in [0, 0.1) is 6.92 Å². The maximum absolute atomic E-state index is 12.8. The lowest BCUT2D eigenvalue weighted by molar-refractivity contribution is -0.135. The van der Waals surface area contributed by atoms with Crippen LogP contribution in [0.2, 0.25) is 0 Å². The lowest BCUT2D eigenvalue weighted by atomic mass is 9.90. The number of carbonyl (C=O) groups is 2. The van der Waals surface area contributed by atoms with Gasteiger partial charge in [0.1, 0.15) is 17.8 Å². The Kier molecular flexibility index (Phi) is 5.68. The molecule has 0 bridgehead atoms. The molecule has 0 aliphatic carbocycles. The minimum atomic E-state index is -1.26. The van der Waals surface area contributed by atoms with Crippen LogP contribution in [0.4, 0.5) is 0 Å². The van der Waals surface area contributed by atoms with E-state index in [9.17, 15) is 19.5 Å². The highest BCUT2D eigenvalue weighted by Crippen LogP contribution is 2.29. The van der Waals surface area contributed by atoms with Crippen LogP contribution in [0.3, 0.4) is 0 Å². The van der Waals surface area contributed by atoms with Crippen molar-refractivity contribution >= 4 is 11.9 Å².